The summed E-state index contributed by atoms with van der Waals surface area (Å²) >= 11 is 0. The molecule has 0 aliphatic heterocycles. The second kappa shape index (κ2) is 9.80. The fraction of sp³-hybridized carbons (Fsp3) is 0.370. The molecule has 0 radical (unpaired) electrons. The van der Waals surface area contributed by atoms with Gasteiger partial charge in [0.2, 0.25) is 0 Å². The highest BCUT2D eigenvalue weighted by atomic mass is 16.5. The highest BCUT2D eigenvalue weighted by Gasteiger charge is 2.34. The predicted octanol–water partition coefficient (Wildman–Crippen LogP) is 7.53. The molecule has 1 aliphatic carbocycles. The van der Waals surface area contributed by atoms with Crippen LogP contribution >= 0.6 is 0 Å². The largest absolute Gasteiger partial charge is 0.457 e. The molecule has 0 atom stereocenters. The monoisotopic (exact) mass is 403 g/mol. The van der Waals surface area contributed by atoms with E-state index in [1.165, 1.54) is 17.5 Å². The summed E-state index contributed by atoms with van der Waals surface area (Å²) in [5.74, 6) is 2.10. The normalized spacial score (nSPS) is 15.9. The van der Waals surface area contributed by atoms with Crippen LogP contribution in [0.25, 0.3) is 6.08 Å². The fourth-order valence-corrected chi connectivity index (χ4v) is 3.87. The van der Waals surface area contributed by atoms with E-state index in [9.17, 15) is 4.79 Å². The van der Waals surface area contributed by atoms with E-state index in [2.05, 4.69) is 57.0 Å². The van der Waals surface area contributed by atoms with E-state index in [0.29, 0.717) is 5.92 Å². The van der Waals surface area contributed by atoms with Gasteiger partial charge >= 0.3 is 0 Å². The van der Waals surface area contributed by atoms with Gasteiger partial charge in [-0.05, 0) is 73.2 Å². The lowest BCUT2D eigenvalue weighted by molar-refractivity contribution is -0.115. The van der Waals surface area contributed by atoms with E-state index < -0.39 is 5.41 Å². The summed E-state index contributed by atoms with van der Waals surface area (Å²) in [4.78, 5) is 11.8. The van der Waals surface area contributed by atoms with E-state index in [0.717, 1.165) is 54.9 Å². The van der Waals surface area contributed by atoms with Crippen LogP contribution < -0.4 is 10.1 Å². The predicted molar refractivity (Wildman–Crippen MR) is 126 cm³/mol. The summed E-state index contributed by atoms with van der Waals surface area (Å²) in [5.41, 5.74) is 3.68. The maximum Gasteiger partial charge on any atom is 0.131 e. The van der Waals surface area contributed by atoms with E-state index in [4.69, 9.17) is 4.74 Å². The first kappa shape index (κ1) is 21.9. The Labute approximate surface area is 180 Å². The second-order valence-electron chi connectivity index (χ2n) is 8.69. The van der Waals surface area contributed by atoms with E-state index in [1.807, 2.05) is 30.3 Å². The van der Waals surface area contributed by atoms with Crippen LogP contribution in [0.15, 0.2) is 60.8 Å². The SMILES string of the molecule is C=C(Nc1ccc(Oc2ccc(C)c(/C=C\C(C)C)c2)cc1)C1(C=O)CCCCC1. The molecule has 2 aromatic rings. The van der Waals surface area contributed by atoms with Crippen LogP contribution in [-0.2, 0) is 4.79 Å². The molecule has 1 N–H and O–H groups in total. The Balaban J connectivity index is 1.67. The topological polar surface area (TPSA) is 38.3 Å². The lowest BCUT2D eigenvalue weighted by Crippen LogP contribution is -2.31. The van der Waals surface area contributed by atoms with E-state index in [-0.39, 0.29) is 0 Å². The van der Waals surface area contributed by atoms with Crippen molar-refractivity contribution < 1.29 is 9.53 Å². The third-order valence-corrected chi connectivity index (χ3v) is 5.87. The molecule has 0 unspecified atom stereocenters. The zero-order valence-electron chi connectivity index (χ0n) is 18.4. The highest BCUT2D eigenvalue weighted by molar-refractivity contribution is 5.68. The molecule has 0 amide bonds. The first-order chi connectivity index (χ1) is 14.4. The van der Waals surface area contributed by atoms with Crippen molar-refractivity contribution in [2.45, 2.75) is 52.9 Å². The first-order valence-corrected chi connectivity index (χ1v) is 10.9. The number of aryl methyl sites for hydroxylation is 1. The van der Waals surface area contributed by atoms with Gasteiger partial charge in [-0.3, -0.25) is 0 Å². The standard InChI is InChI=1S/C27H33NO2/c1-20(2)8-10-23-18-26(13-9-21(23)3)30-25-14-11-24(12-15-25)28-22(4)27(19-29)16-6-5-7-17-27/h8-15,18-20,28H,4-7,16-17H2,1-3H3/b10-8-. The van der Waals surface area contributed by atoms with Crippen LogP contribution in [-0.4, -0.2) is 6.29 Å². The number of rotatable bonds is 8. The van der Waals surface area contributed by atoms with Gasteiger partial charge in [0.1, 0.15) is 17.8 Å². The van der Waals surface area contributed by atoms with Gasteiger partial charge in [-0.2, -0.15) is 0 Å². The van der Waals surface area contributed by atoms with Crippen molar-refractivity contribution in [1.29, 1.82) is 0 Å². The second-order valence-corrected chi connectivity index (χ2v) is 8.69. The van der Waals surface area contributed by atoms with Crippen LogP contribution in [0, 0.1) is 18.3 Å². The van der Waals surface area contributed by atoms with Gasteiger partial charge in [-0.25, -0.2) is 0 Å². The number of hydrogen-bond donors (Lipinski definition) is 1. The minimum atomic E-state index is -0.435. The number of nitrogens with one attached hydrogen (secondary N) is 1. The minimum Gasteiger partial charge on any atom is -0.457 e. The molecule has 30 heavy (non-hydrogen) atoms. The van der Waals surface area contributed by atoms with Crippen LogP contribution in [0.1, 0.15) is 57.1 Å². The number of carbonyl (C=O) groups is 1. The number of hydrogen-bond acceptors (Lipinski definition) is 3. The van der Waals surface area contributed by atoms with Crippen LogP contribution in [0.4, 0.5) is 5.69 Å². The first-order valence-electron chi connectivity index (χ1n) is 10.9. The summed E-state index contributed by atoms with van der Waals surface area (Å²) in [6.45, 7) is 10.6. The van der Waals surface area contributed by atoms with Crippen molar-refractivity contribution in [3.63, 3.8) is 0 Å². The number of benzene rings is 2. The number of carbonyl (C=O) groups excluding carboxylic acids is 1. The Kier molecular flexibility index (Phi) is 7.15. The molecule has 3 heteroatoms. The Morgan fingerprint density at radius 3 is 2.37 bits per heavy atom. The molecule has 0 spiro atoms. The molecular weight excluding hydrogens is 370 g/mol. The maximum atomic E-state index is 11.8. The summed E-state index contributed by atoms with van der Waals surface area (Å²) in [6.07, 6.45) is 10.5. The van der Waals surface area contributed by atoms with Gasteiger partial charge in [-0.1, -0.05) is 57.9 Å². The van der Waals surface area contributed by atoms with Crippen LogP contribution in [0.2, 0.25) is 0 Å². The lowest BCUT2D eigenvalue weighted by atomic mass is 9.73. The molecule has 0 bridgehead atoms. The summed E-state index contributed by atoms with van der Waals surface area (Å²) in [7, 11) is 0. The molecule has 1 fully saturated rings. The third kappa shape index (κ3) is 5.41. The average molecular weight is 404 g/mol. The van der Waals surface area contributed by atoms with Gasteiger partial charge in [0.25, 0.3) is 0 Å². The highest BCUT2D eigenvalue weighted by Crippen LogP contribution is 2.40. The Morgan fingerprint density at radius 2 is 1.73 bits per heavy atom. The van der Waals surface area contributed by atoms with Crippen molar-refractivity contribution in [3.05, 3.63) is 71.9 Å². The molecule has 3 nitrogen and oxygen atoms in total. The van der Waals surface area contributed by atoms with Crippen molar-refractivity contribution in [2.24, 2.45) is 11.3 Å². The molecule has 0 saturated heterocycles. The van der Waals surface area contributed by atoms with E-state index >= 15 is 0 Å². The molecule has 158 valence electrons. The summed E-state index contributed by atoms with van der Waals surface area (Å²) in [6, 6.07) is 14.0. The van der Waals surface area contributed by atoms with Crippen molar-refractivity contribution in [2.75, 3.05) is 5.32 Å². The number of aldehydes is 1. The van der Waals surface area contributed by atoms with Gasteiger partial charge in [0, 0.05) is 11.4 Å². The summed E-state index contributed by atoms with van der Waals surface area (Å²) < 4.78 is 6.06. The number of ether oxygens (including phenoxy) is 1. The van der Waals surface area contributed by atoms with Gasteiger partial charge in [0.05, 0.1) is 5.41 Å². The van der Waals surface area contributed by atoms with Gasteiger partial charge in [0.15, 0.2) is 0 Å². The maximum absolute atomic E-state index is 11.8. The van der Waals surface area contributed by atoms with Crippen molar-refractivity contribution in [3.8, 4) is 11.5 Å². The Bertz CT molecular complexity index is 903. The van der Waals surface area contributed by atoms with Crippen LogP contribution in [0.3, 0.4) is 0 Å². The fourth-order valence-electron chi connectivity index (χ4n) is 3.87. The quantitative estimate of drug-likeness (QED) is 0.463. The molecular formula is C27H33NO2. The molecule has 1 aliphatic rings. The zero-order chi connectivity index (χ0) is 21.6. The average Bonchev–Trinajstić information content (AvgIpc) is 2.75. The lowest BCUT2D eigenvalue weighted by Gasteiger charge is -2.34. The molecule has 0 heterocycles. The molecule has 2 aromatic carbocycles. The smallest absolute Gasteiger partial charge is 0.131 e. The number of anilines is 1. The van der Waals surface area contributed by atoms with Crippen LogP contribution in [0.5, 0.6) is 11.5 Å². The minimum absolute atomic E-state index is 0.435. The molecule has 0 aromatic heterocycles. The van der Waals surface area contributed by atoms with Crippen molar-refractivity contribution in [1.82, 2.24) is 0 Å². The molecule has 1 saturated carbocycles. The van der Waals surface area contributed by atoms with Gasteiger partial charge in [-0.15, -0.1) is 0 Å². The zero-order valence-corrected chi connectivity index (χ0v) is 18.4. The Morgan fingerprint density at radius 1 is 1.07 bits per heavy atom. The number of allylic oxidation sites excluding steroid dienone is 2. The Hall–Kier alpha value is -2.81. The molecule has 3 rings (SSSR count). The van der Waals surface area contributed by atoms with Gasteiger partial charge < -0.3 is 14.8 Å². The van der Waals surface area contributed by atoms with Crippen molar-refractivity contribution >= 4 is 18.0 Å². The van der Waals surface area contributed by atoms with E-state index in [1.54, 1.807) is 0 Å². The third-order valence-electron chi connectivity index (χ3n) is 5.87. The summed E-state index contributed by atoms with van der Waals surface area (Å²) in [5, 5.41) is 3.35.